The Hall–Kier alpha value is -2.43. The molecular formula is C21H24N2O3. The average Bonchev–Trinajstić information content (AvgIpc) is 3.12. The number of amides is 1. The van der Waals surface area contributed by atoms with Crippen molar-refractivity contribution in [1.29, 1.82) is 0 Å². The lowest BCUT2D eigenvalue weighted by atomic mass is 10.0. The second-order valence-electron chi connectivity index (χ2n) is 7.29. The lowest BCUT2D eigenvalue weighted by Crippen LogP contribution is -2.44. The van der Waals surface area contributed by atoms with Gasteiger partial charge in [-0.05, 0) is 57.1 Å². The van der Waals surface area contributed by atoms with Crippen molar-refractivity contribution < 1.29 is 14.3 Å². The largest absolute Gasteiger partial charge is 0.452 e. The van der Waals surface area contributed by atoms with Gasteiger partial charge in [0.05, 0.1) is 11.1 Å². The molecule has 5 nitrogen and oxygen atoms in total. The van der Waals surface area contributed by atoms with Gasteiger partial charge in [0.2, 0.25) is 0 Å². The number of rotatable bonds is 3. The number of likely N-dealkylation sites (tertiary alicyclic amines) is 1. The highest BCUT2D eigenvalue weighted by molar-refractivity contribution is 6.05. The minimum atomic E-state index is -0.403. The maximum atomic E-state index is 12.9. The Morgan fingerprint density at radius 3 is 2.88 bits per heavy atom. The summed E-state index contributed by atoms with van der Waals surface area (Å²) < 4.78 is 5.47. The molecule has 0 radical (unpaired) electrons. The van der Waals surface area contributed by atoms with Gasteiger partial charge in [-0.2, -0.15) is 0 Å². The van der Waals surface area contributed by atoms with Gasteiger partial charge < -0.3 is 9.64 Å². The van der Waals surface area contributed by atoms with Crippen LogP contribution in [-0.4, -0.2) is 41.0 Å². The number of pyridine rings is 1. The first kappa shape index (κ1) is 17.0. The van der Waals surface area contributed by atoms with E-state index >= 15 is 0 Å². The van der Waals surface area contributed by atoms with Gasteiger partial charge in [-0.15, -0.1) is 0 Å². The monoisotopic (exact) mass is 352 g/mol. The van der Waals surface area contributed by atoms with Crippen LogP contribution < -0.4 is 0 Å². The van der Waals surface area contributed by atoms with Gasteiger partial charge in [0.1, 0.15) is 0 Å². The fourth-order valence-corrected chi connectivity index (χ4v) is 4.20. The van der Waals surface area contributed by atoms with Crippen LogP contribution in [0.2, 0.25) is 0 Å². The number of fused-ring (bicyclic) bond motifs is 2. The van der Waals surface area contributed by atoms with E-state index in [-0.39, 0.29) is 18.6 Å². The van der Waals surface area contributed by atoms with Gasteiger partial charge in [0, 0.05) is 23.7 Å². The molecule has 0 bridgehead atoms. The lowest BCUT2D eigenvalue weighted by Gasteiger charge is -2.33. The summed E-state index contributed by atoms with van der Waals surface area (Å²) in [4.78, 5) is 31.9. The van der Waals surface area contributed by atoms with Crippen molar-refractivity contribution in [3.05, 3.63) is 41.1 Å². The summed E-state index contributed by atoms with van der Waals surface area (Å²) in [7, 11) is 0. The molecule has 1 aromatic heterocycles. The Labute approximate surface area is 153 Å². The van der Waals surface area contributed by atoms with E-state index in [0.29, 0.717) is 5.56 Å². The number of para-hydroxylation sites is 1. The first-order valence-corrected chi connectivity index (χ1v) is 9.52. The van der Waals surface area contributed by atoms with Gasteiger partial charge in [-0.3, -0.25) is 9.78 Å². The maximum Gasteiger partial charge on any atom is 0.339 e. The van der Waals surface area contributed by atoms with Gasteiger partial charge in [0.15, 0.2) is 6.61 Å². The molecule has 0 spiro atoms. The molecule has 26 heavy (non-hydrogen) atoms. The molecule has 1 atom stereocenters. The summed E-state index contributed by atoms with van der Waals surface area (Å²) in [5.41, 5.74) is 3.40. The minimum absolute atomic E-state index is 0.0967. The molecule has 0 saturated carbocycles. The SMILES string of the molecule is C[C@@H]1CCCCN1C(=O)COC(=O)c1c2c(nc3ccccc13)CCC2. The summed E-state index contributed by atoms with van der Waals surface area (Å²) in [6.45, 7) is 2.63. The Morgan fingerprint density at radius 2 is 2.04 bits per heavy atom. The number of nitrogens with zero attached hydrogens (tertiary/aromatic N) is 2. The molecule has 4 rings (SSSR count). The molecule has 2 heterocycles. The van der Waals surface area contributed by atoms with Gasteiger partial charge in [-0.1, -0.05) is 18.2 Å². The number of carbonyl (C=O) groups excluding carboxylic acids is 2. The van der Waals surface area contributed by atoms with Crippen molar-refractivity contribution in [3.8, 4) is 0 Å². The predicted molar refractivity (Wildman–Crippen MR) is 99.1 cm³/mol. The third kappa shape index (κ3) is 3.06. The smallest absolute Gasteiger partial charge is 0.339 e. The highest BCUT2D eigenvalue weighted by Crippen LogP contribution is 2.30. The van der Waals surface area contributed by atoms with E-state index in [1.54, 1.807) is 0 Å². The highest BCUT2D eigenvalue weighted by atomic mass is 16.5. The maximum absolute atomic E-state index is 12.9. The second kappa shape index (κ2) is 7.06. The molecule has 2 aromatic rings. The van der Waals surface area contributed by atoms with Crippen molar-refractivity contribution in [2.45, 2.75) is 51.5 Å². The summed E-state index contributed by atoms with van der Waals surface area (Å²) >= 11 is 0. The van der Waals surface area contributed by atoms with Crippen molar-refractivity contribution >= 4 is 22.8 Å². The lowest BCUT2D eigenvalue weighted by molar-refractivity contribution is -0.137. The molecular weight excluding hydrogens is 328 g/mol. The first-order valence-electron chi connectivity index (χ1n) is 9.52. The third-order valence-corrected chi connectivity index (χ3v) is 5.57. The predicted octanol–water partition coefficient (Wildman–Crippen LogP) is 3.28. The van der Waals surface area contributed by atoms with Crippen LogP contribution in [0.15, 0.2) is 24.3 Å². The third-order valence-electron chi connectivity index (χ3n) is 5.57. The van der Waals surface area contributed by atoms with E-state index in [4.69, 9.17) is 9.72 Å². The fraction of sp³-hybridized carbons (Fsp3) is 0.476. The quantitative estimate of drug-likeness (QED) is 0.796. The van der Waals surface area contributed by atoms with Crippen LogP contribution in [0.25, 0.3) is 10.9 Å². The first-order chi connectivity index (χ1) is 12.6. The van der Waals surface area contributed by atoms with Crippen molar-refractivity contribution in [1.82, 2.24) is 9.88 Å². The number of aromatic nitrogens is 1. The van der Waals surface area contributed by atoms with Crippen LogP contribution in [0.5, 0.6) is 0 Å². The standard InChI is InChI=1S/C21H24N2O3/c1-14-7-4-5-12-23(14)19(24)13-26-21(25)20-15-8-2-3-10-17(15)22-18-11-6-9-16(18)20/h2-3,8,10,14H,4-7,9,11-13H2,1H3/t14-/m1/s1. The number of piperidine rings is 1. The number of aryl methyl sites for hydroxylation is 1. The summed E-state index contributed by atoms with van der Waals surface area (Å²) in [5.74, 6) is -0.500. The van der Waals surface area contributed by atoms with E-state index < -0.39 is 5.97 Å². The molecule has 1 saturated heterocycles. The Bertz CT molecular complexity index is 862. The molecule has 1 aliphatic heterocycles. The number of hydrogen-bond acceptors (Lipinski definition) is 4. The zero-order valence-corrected chi connectivity index (χ0v) is 15.2. The zero-order valence-electron chi connectivity index (χ0n) is 15.2. The number of esters is 1. The van der Waals surface area contributed by atoms with Gasteiger partial charge in [-0.25, -0.2) is 4.79 Å². The van der Waals surface area contributed by atoms with E-state index in [2.05, 4.69) is 6.92 Å². The normalized spacial score (nSPS) is 19.4. The number of benzene rings is 1. The Kier molecular flexibility index (Phi) is 4.62. The number of carbonyl (C=O) groups is 2. The summed E-state index contributed by atoms with van der Waals surface area (Å²) in [6, 6.07) is 7.88. The van der Waals surface area contributed by atoms with E-state index in [1.165, 1.54) is 0 Å². The molecule has 0 unspecified atom stereocenters. The van der Waals surface area contributed by atoms with E-state index in [0.717, 1.165) is 67.2 Å². The molecule has 1 amide bonds. The molecule has 1 fully saturated rings. The summed E-state index contributed by atoms with van der Waals surface area (Å²) in [5, 5.41) is 0.817. The topological polar surface area (TPSA) is 59.5 Å². The van der Waals surface area contributed by atoms with Crippen molar-refractivity contribution in [3.63, 3.8) is 0 Å². The second-order valence-corrected chi connectivity index (χ2v) is 7.29. The summed E-state index contributed by atoms with van der Waals surface area (Å²) in [6.07, 6.45) is 5.93. The van der Waals surface area contributed by atoms with Gasteiger partial charge in [0.25, 0.3) is 5.91 Å². The van der Waals surface area contributed by atoms with Gasteiger partial charge >= 0.3 is 5.97 Å². The molecule has 136 valence electrons. The Balaban J connectivity index is 1.56. The minimum Gasteiger partial charge on any atom is -0.452 e. The van der Waals surface area contributed by atoms with Crippen LogP contribution in [0.3, 0.4) is 0 Å². The number of hydrogen-bond donors (Lipinski definition) is 0. The molecule has 5 heteroatoms. The Morgan fingerprint density at radius 1 is 1.19 bits per heavy atom. The number of ether oxygens (including phenoxy) is 1. The molecule has 1 aliphatic carbocycles. The average molecular weight is 352 g/mol. The van der Waals surface area contributed by atoms with Crippen LogP contribution in [-0.2, 0) is 22.4 Å². The van der Waals surface area contributed by atoms with E-state index in [1.807, 2.05) is 29.2 Å². The fourth-order valence-electron chi connectivity index (χ4n) is 4.20. The highest BCUT2D eigenvalue weighted by Gasteiger charge is 2.27. The van der Waals surface area contributed by atoms with Crippen LogP contribution in [0.4, 0.5) is 0 Å². The van der Waals surface area contributed by atoms with Crippen molar-refractivity contribution in [2.75, 3.05) is 13.2 Å². The van der Waals surface area contributed by atoms with Crippen LogP contribution >= 0.6 is 0 Å². The van der Waals surface area contributed by atoms with Crippen LogP contribution in [0, 0.1) is 0 Å². The molecule has 1 aromatic carbocycles. The van der Waals surface area contributed by atoms with Crippen molar-refractivity contribution in [2.24, 2.45) is 0 Å². The van der Waals surface area contributed by atoms with E-state index in [9.17, 15) is 9.59 Å². The molecule has 2 aliphatic rings. The van der Waals surface area contributed by atoms with Crippen LogP contribution in [0.1, 0.15) is 54.2 Å². The zero-order chi connectivity index (χ0) is 18.1. The molecule has 0 N–H and O–H groups in total.